The molecule has 118 valence electrons. The van der Waals surface area contributed by atoms with Crippen LogP contribution in [0.25, 0.3) is 0 Å². The normalized spacial score (nSPS) is 13.8. The topological polar surface area (TPSA) is 51.2 Å². The van der Waals surface area contributed by atoms with Gasteiger partial charge in [-0.25, -0.2) is 0 Å². The number of carbonyl (C=O) groups excluding carboxylic acids is 1. The van der Waals surface area contributed by atoms with Crippen molar-refractivity contribution in [2.75, 3.05) is 6.61 Å². The molecule has 0 aliphatic heterocycles. The number of nitrogens with zero attached hydrogens (tertiary/aromatic N) is 1. The molecule has 0 aliphatic rings. The maximum atomic E-state index is 12.1. The van der Waals surface area contributed by atoms with Crippen LogP contribution in [-0.4, -0.2) is 31.9 Å². The third-order valence-corrected chi connectivity index (χ3v) is 8.68. The molecule has 1 amide bonds. The summed E-state index contributed by atoms with van der Waals surface area (Å²) < 4.78 is 6.19. The van der Waals surface area contributed by atoms with Gasteiger partial charge in [-0.05, 0) is 36.7 Å². The molecule has 1 aromatic heterocycles. The van der Waals surface area contributed by atoms with Gasteiger partial charge in [0.1, 0.15) is 5.69 Å². The molecule has 1 aromatic rings. The number of pyridine rings is 1. The first-order chi connectivity index (χ1) is 9.67. The maximum Gasteiger partial charge on any atom is 0.270 e. The minimum atomic E-state index is -1.78. The molecule has 21 heavy (non-hydrogen) atoms. The second kappa shape index (κ2) is 7.18. The van der Waals surface area contributed by atoms with Crippen LogP contribution in [0.2, 0.25) is 18.1 Å². The highest BCUT2D eigenvalue weighted by molar-refractivity contribution is 6.74. The van der Waals surface area contributed by atoms with Crippen LogP contribution in [0.1, 0.15) is 44.6 Å². The largest absolute Gasteiger partial charge is 0.415 e. The summed E-state index contributed by atoms with van der Waals surface area (Å²) in [7, 11) is -1.78. The zero-order valence-corrected chi connectivity index (χ0v) is 15.1. The predicted molar refractivity (Wildman–Crippen MR) is 88.9 cm³/mol. The van der Waals surface area contributed by atoms with Crippen molar-refractivity contribution in [3.8, 4) is 0 Å². The number of rotatable bonds is 6. The molecule has 0 aliphatic carbocycles. The van der Waals surface area contributed by atoms with Crippen LogP contribution in [0.4, 0.5) is 0 Å². The van der Waals surface area contributed by atoms with Crippen molar-refractivity contribution in [2.45, 2.75) is 58.3 Å². The van der Waals surface area contributed by atoms with E-state index in [0.29, 0.717) is 12.3 Å². The zero-order chi connectivity index (χ0) is 16.1. The highest BCUT2D eigenvalue weighted by Crippen LogP contribution is 2.36. The molecule has 0 saturated heterocycles. The Morgan fingerprint density at radius 1 is 1.38 bits per heavy atom. The van der Waals surface area contributed by atoms with Crippen LogP contribution < -0.4 is 5.32 Å². The fourth-order valence-electron chi connectivity index (χ4n) is 1.54. The molecule has 0 radical (unpaired) electrons. The van der Waals surface area contributed by atoms with E-state index >= 15 is 0 Å². The first-order valence-electron chi connectivity index (χ1n) is 7.53. The van der Waals surface area contributed by atoms with Crippen LogP contribution >= 0.6 is 0 Å². The molecule has 0 saturated carbocycles. The average molecular weight is 308 g/mol. The lowest BCUT2D eigenvalue weighted by Crippen LogP contribution is -2.46. The molecule has 1 rings (SSSR count). The van der Waals surface area contributed by atoms with Crippen molar-refractivity contribution < 1.29 is 9.22 Å². The van der Waals surface area contributed by atoms with Crippen LogP contribution in [0.3, 0.4) is 0 Å². The first-order valence-corrected chi connectivity index (χ1v) is 10.4. The number of nitrogens with one attached hydrogen (secondary N) is 1. The van der Waals surface area contributed by atoms with Gasteiger partial charge in [0.25, 0.3) is 5.91 Å². The van der Waals surface area contributed by atoms with Crippen LogP contribution in [0.15, 0.2) is 24.4 Å². The van der Waals surface area contributed by atoms with Gasteiger partial charge >= 0.3 is 0 Å². The lowest BCUT2D eigenvalue weighted by Gasteiger charge is -2.37. The number of aromatic nitrogens is 1. The van der Waals surface area contributed by atoms with Gasteiger partial charge in [0.2, 0.25) is 0 Å². The Morgan fingerprint density at radius 3 is 2.52 bits per heavy atom. The van der Waals surface area contributed by atoms with Gasteiger partial charge in [-0.15, -0.1) is 0 Å². The van der Waals surface area contributed by atoms with Crippen molar-refractivity contribution in [2.24, 2.45) is 0 Å². The lowest BCUT2D eigenvalue weighted by atomic mass is 10.2. The van der Waals surface area contributed by atoms with E-state index in [1.165, 1.54) is 0 Å². The first kappa shape index (κ1) is 17.8. The van der Waals surface area contributed by atoms with Gasteiger partial charge in [0.15, 0.2) is 8.32 Å². The summed E-state index contributed by atoms with van der Waals surface area (Å²) in [6.45, 7) is 13.7. The Hall–Kier alpha value is -1.20. The third-order valence-electron chi connectivity index (χ3n) is 4.18. The Morgan fingerprint density at radius 2 is 2.05 bits per heavy atom. The Balaban J connectivity index is 2.59. The molecular formula is C16H28N2O2Si. The van der Waals surface area contributed by atoms with Crippen molar-refractivity contribution in [1.29, 1.82) is 0 Å². The Bertz CT molecular complexity index is 455. The molecular weight excluding hydrogens is 280 g/mol. The SMILES string of the molecule is CCC(CO[Si](C)(C)C(C)(C)C)NC(=O)c1ccccn1. The van der Waals surface area contributed by atoms with E-state index in [-0.39, 0.29) is 17.0 Å². The minimum absolute atomic E-state index is 0.0219. The van der Waals surface area contributed by atoms with Crippen molar-refractivity contribution in [3.63, 3.8) is 0 Å². The van der Waals surface area contributed by atoms with E-state index in [4.69, 9.17) is 4.43 Å². The third kappa shape index (κ3) is 5.25. The van der Waals surface area contributed by atoms with Gasteiger partial charge < -0.3 is 9.74 Å². The summed E-state index contributed by atoms with van der Waals surface area (Å²) in [6.07, 6.45) is 2.47. The van der Waals surface area contributed by atoms with E-state index in [0.717, 1.165) is 6.42 Å². The number of hydrogen-bond acceptors (Lipinski definition) is 3. The van der Waals surface area contributed by atoms with E-state index in [9.17, 15) is 4.79 Å². The summed E-state index contributed by atoms with van der Waals surface area (Å²) >= 11 is 0. The van der Waals surface area contributed by atoms with Gasteiger partial charge in [0, 0.05) is 6.20 Å². The minimum Gasteiger partial charge on any atom is -0.415 e. The predicted octanol–water partition coefficient (Wildman–Crippen LogP) is 3.61. The van der Waals surface area contributed by atoms with E-state index in [1.54, 1.807) is 18.3 Å². The van der Waals surface area contributed by atoms with Crippen molar-refractivity contribution in [3.05, 3.63) is 30.1 Å². The fourth-order valence-corrected chi connectivity index (χ4v) is 2.59. The average Bonchev–Trinajstić information content (AvgIpc) is 2.43. The molecule has 5 heteroatoms. The number of amides is 1. The molecule has 1 heterocycles. The summed E-state index contributed by atoms with van der Waals surface area (Å²) in [5.41, 5.74) is 0.447. The van der Waals surface area contributed by atoms with Gasteiger partial charge in [-0.3, -0.25) is 9.78 Å². The molecule has 4 nitrogen and oxygen atoms in total. The second-order valence-corrected chi connectivity index (χ2v) is 11.7. The zero-order valence-electron chi connectivity index (χ0n) is 14.1. The van der Waals surface area contributed by atoms with Crippen LogP contribution in [0.5, 0.6) is 0 Å². The van der Waals surface area contributed by atoms with Crippen LogP contribution in [0, 0.1) is 0 Å². The van der Waals surface area contributed by atoms with E-state index in [1.807, 2.05) is 6.07 Å². The monoisotopic (exact) mass is 308 g/mol. The summed E-state index contributed by atoms with van der Waals surface area (Å²) in [6, 6.07) is 5.36. The fraction of sp³-hybridized carbons (Fsp3) is 0.625. The maximum absolute atomic E-state index is 12.1. The highest BCUT2D eigenvalue weighted by atomic mass is 28.4. The summed E-state index contributed by atoms with van der Waals surface area (Å²) in [5.74, 6) is -0.138. The number of hydrogen-bond donors (Lipinski definition) is 1. The molecule has 1 atom stereocenters. The van der Waals surface area contributed by atoms with Gasteiger partial charge in [0.05, 0.1) is 12.6 Å². The summed E-state index contributed by atoms with van der Waals surface area (Å²) in [5, 5.41) is 3.18. The lowest BCUT2D eigenvalue weighted by molar-refractivity contribution is 0.0912. The van der Waals surface area contributed by atoms with Gasteiger partial charge in [-0.2, -0.15) is 0 Å². The van der Waals surface area contributed by atoms with Crippen molar-refractivity contribution >= 4 is 14.2 Å². The molecule has 0 fully saturated rings. The van der Waals surface area contributed by atoms with Crippen molar-refractivity contribution in [1.82, 2.24) is 10.3 Å². The highest BCUT2D eigenvalue weighted by Gasteiger charge is 2.37. The molecule has 1 N–H and O–H groups in total. The smallest absolute Gasteiger partial charge is 0.270 e. The molecule has 0 spiro atoms. The molecule has 1 unspecified atom stereocenters. The van der Waals surface area contributed by atoms with Crippen LogP contribution in [-0.2, 0) is 4.43 Å². The molecule has 0 bridgehead atoms. The van der Waals surface area contributed by atoms with Gasteiger partial charge in [-0.1, -0.05) is 33.8 Å². The Kier molecular flexibility index (Phi) is 6.10. The second-order valence-electron chi connectivity index (χ2n) is 6.86. The quantitative estimate of drug-likeness (QED) is 0.817. The standard InChI is InChI=1S/C16H28N2O2Si/c1-7-13(12-20-21(5,6)16(2,3)4)18-15(19)14-10-8-9-11-17-14/h8-11,13H,7,12H2,1-6H3,(H,18,19). The molecule has 0 aromatic carbocycles. The Labute approximate surface area is 129 Å². The number of carbonyl (C=O) groups is 1. The summed E-state index contributed by atoms with van der Waals surface area (Å²) in [4.78, 5) is 16.2. The van der Waals surface area contributed by atoms with E-state index < -0.39 is 8.32 Å². The van der Waals surface area contributed by atoms with E-state index in [2.05, 4.69) is 51.1 Å².